The first kappa shape index (κ1) is 27.4. The largest absolute Gasteiger partial charge is 0.465 e. The number of aromatic amines is 1. The van der Waals surface area contributed by atoms with Crippen molar-refractivity contribution in [2.45, 2.75) is 64.5 Å². The number of aromatic nitrogens is 3. The molecule has 36 heavy (non-hydrogen) atoms. The molecule has 3 aromatic rings. The van der Waals surface area contributed by atoms with E-state index in [4.69, 9.17) is 15.4 Å². The SMILES string of the molecule is CC(C)(C)NC(=O)O.CS(=O)(=O)NC(c1nc2c(cnc3ccccc32)[nH]1)C1CCC(CC#N)CC1. The van der Waals surface area contributed by atoms with Gasteiger partial charge in [0.15, 0.2) is 0 Å². The number of nitriles is 1. The van der Waals surface area contributed by atoms with E-state index in [-0.39, 0.29) is 11.5 Å². The Kier molecular flexibility index (Phi) is 8.53. The molecule has 11 heteroatoms. The lowest BCUT2D eigenvalue weighted by Crippen LogP contribution is -2.39. The van der Waals surface area contributed by atoms with Gasteiger partial charge in [-0.2, -0.15) is 5.26 Å². The second kappa shape index (κ2) is 11.2. The van der Waals surface area contributed by atoms with Gasteiger partial charge in [-0.25, -0.2) is 22.9 Å². The Labute approximate surface area is 211 Å². The molecule has 0 saturated heterocycles. The van der Waals surface area contributed by atoms with Crippen LogP contribution in [0.25, 0.3) is 21.9 Å². The van der Waals surface area contributed by atoms with E-state index in [0.717, 1.165) is 47.6 Å². The second-order valence-electron chi connectivity index (χ2n) is 10.4. The fourth-order valence-corrected chi connectivity index (χ4v) is 5.32. The van der Waals surface area contributed by atoms with Gasteiger partial charge in [0, 0.05) is 17.3 Å². The fourth-order valence-electron chi connectivity index (χ4n) is 4.55. The molecule has 0 radical (unpaired) electrons. The van der Waals surface area contributed by atoms with Crippen LogP contribution in [0.2, 0.25) is 0 Å². The Balaban J connectivity index is 0.000000392. The van der Waals surface area contributed by atoms with E-state index in [1.807, 2.05) is 24.3 Å². The van der Waals surface area contributed by atoms with Crippen LogP contribution in [0.3, 0.4) is 0 Å². The van der Waals surface area contributed by atoms with Gasteiger partial charge in [-0.15, -0.1) is 0 Å². The minimum atomic E-state index is -3.40. The summed E-state index contributed by atoms with van der Waals surface area (Å²) in [7, 11) is -3.40. The number of carbonyl (C=O) groups is 1. The van der Waals surface area contributed by atoms with E-state index in [1.54, 1.807) is 27.0 Å². The molecule has 1 aromatic carbocycles. The molecule has 1 aliphatic rings. The number of para-hydroxylation sites is 1. The van der Waals surface area contributed by atoms with Crippen LogP contribution < -0.4 is 10.0 Å². The van der Waals surface area contributed by atoms with Gasteiger partial charge in [0.1, 0.15) is 5.82 Å². The van der Waals surface area contributed by atoms with Crippen molar-refractivity contribution in [3.05, 3.63) is 36.3 Å². The van der Waals surface area contributed by atoms with Gasteiger partial charge in [-0.3, -0.25) is 4.98 Å². The monoisotopic (exact) mass is 514 g/mol. The number of hydrogen-bond donors (Lipinski definition) is 4. The maximum Gasteiger partial charge on any atom is 0.405 e. The van der Waals surface area contributed by atoms with Crippen LogP contribution in [0.5, 0.6) is 0 Å². The van der Waals surface area contributed by atoms with Crippen LogP contribution in [0.1, 0.15) is 64.7 Å². The van der Waals surface area contributed by atoms with Gasteiger partial charge < -0.3 is 15.4 Å². The Morgan fingerprint density at radius 1 is 1.25 bits per heavy atom. The number of rotatable bonds is 5. The molecule has 4 rings (SSSR count). The van der Waals surface area contributed by atoms with Gasteiger partial charge in [0.05, 0.1) is 41.1 Å². The zero-order chi connectivity index (χ0) is 26.5. The highest BCUT2D eigenvalue weighted by Gasteiger charge is 2.32. The number of nitrogens with one attached hydrogen (secondary N) is 3. The minimum Gasteiger partial charge on any atom is -0.465 e. The highest BCUT2D eigenvalue weighted by atomic mass is 32.2. The second-order valence-corrected chi connectivity index (χ2v) is 12.1. The molecular weight excluding hydrogens is 480 g/mol. The summed E-state index contributed by atoms with van der Waals surface area (Å²) in [6.45, 7) is 5.38. The summed E-state index contributed by atoms with van der Waals surface area (Å²) in [5.41, 5.74) is 2.13. The van der Waals surface area contributed by atoms with E-state index >= 15 is 0 Å². The summed E-state index contributed by atoms with van der Waals surface area (Å²) in [5.74, 6) is 1.18. The van der Waals surface area contributed by atoms with E-state index in [0.29, 0.717) is 18.2 Å². The van der Waals surface area contributed by atoms with E-state index < -0.39 is 22.2 Å². The number of hydrogen-bond acceptors (Lipinski definition) is 6. The van der Waals surface area contributed by atoms with Crippen molar-refractivity contribution in [3.63, 3.8) is 0 Å². The summed E-state index contributed by atoms with van der Waals surface area (Å²) < 4.78 is 26.9. The molecule has 1 atom stereocenters. The third-order valence-corrected chi connectivity index (χ3v) is 6.78. The number of nitrogens with zero attached hydrogens (tertiary/aromatic N) is 3. The van der Waals surface area contributed by atoms with Gasteiger partial charge in [-0.1, -0.05) is 18.2 Å². The van der Waals surface area contributed by atoms with Crippen LogP contribution in [0.4, 0.5) is 4.79 Å². The number of benzene rings is 1. The van der Waals surface area contributed by atoms with Crippen LogP contribution in [-0.2, 0) is 10.0 Å². The number of sulfonamides is 1. The molecule has 1 fully saturated rings. The molecule has 1 aliphatic carbocycles. The van der Waals surface area contributed by atoms with Crippen molar-refractivity contribution in [1.29, 1.82) is 5.26 Å². The zero-order valence-corrected chi connectivity index (χ0v) is 21.9. The molecule has 4 N–H and O–H groups in total. The Hall–Kier alpha value is -3.23. The molecule has 1 saturated carbocycles. The molecule has 0 aliphatic heterocycles. The van der Waals surface area contributed by atoms with Crippen molar-refractivity contribution in [2.75, 3.05) is 6.26 Å². The van der Waals surface area contributed by atoms with Gasteiger partial charge in [-0.05, 0) is 64.4 Å². The highest BCUT2D eigenvalue weighted by Crippen LogP contribution is 2.38. The van der Waals surface area contributed by atoms with Crippen molar-refractivity contribution in [2.24, 2.45) is 11.8 Å². The van der Waals surface area contributed by atoms with Gasteiger partial charge in [0.25, 0.3) is 0 Å². The van der Waals surface area contributed by atoms with E-state index in [1.165, 1.54) is 6.26 Å². The number of amides is 1. The average molecular weight is 515 g/mol. The first-order valence-electron chi connectivity index (χ1n) is 11.9. The highest BCUT2D eigenvalue weighted by molar-refractivity contribution is 7.88. The lowest BCUT2D eigenvalue weighted by molar-refractivity contribution is 0.184. The predicted octanol–water partition coefficient (Wildman–Crippen LogP) is 4.47. The number of carboxylic acid groups (broad SMARTS) is 1. The van der Waals surface area contributed by atoms with E-state index in [9.17, 15) is 13.2 Å². The van der Waals surface area contributed by atoms with Crippen molar-refractivity contribution >= 4 is 38.1 Å². The van der Waals surface area contributed by atoms with Crippen molar-refractivity contribution < 1.29 is 18.3 Å². The third kappa shape index (κ3) is 7.63. The summed E-state index contributed by atoms with van der Waals surface area (Å²) in [6, 6.07) is 9.62. The van der Waals surface area contributed by atoms with Crippen LogP contribution >= 0.6 is 0 Å². The lowest BCUT2D eigenvalue weighted by atomic mass is 9.77. The number of pyridine rings is 1. The lowest BCUT2D eigenvalue weighted by Gasteiger charge is -2.32. The predicted molar refractivity (Wildman–Crippen MR) is 139 cm³/mol. The maximum atomic E-state index is 12.0. The van der Waals surface area contributed by atoms with Crippen LogP contribution in [0.15, 0.2) is 30.5 Å². The van der Waals surface area contributed by atoms with Crippen LogP contribution in [-0.4, -0.2) is 46.4 Å². The summed E-state index contributed by atoms with van der Waals surface area (Å²) in [6.07, 6.45) is 6.13. The summed E-state index contributed by atoms with van der Waals surface area (Å²) >= 11 is 0. The van der Waals surface area contributed by atoms with Gasteiger partial charge in [0.2, 0.25) is 10.0 Å². The Bertz CT molecular complexity index is 1350. The number of imidazole rings is 1. The molecule has 10 nitrogen and oxygen atoms in total. The smallest absolute Gasteiger partial charge is 0.405 e. The van der Waals surface area contributed by atoms with E-state index in [2.05, 4.69) is 26.1 Å². The summed E-state index contributed by atoms with van der Waals surface area (Å²) in [4.78, 5) is 22.4. The normalized spacial score (nSPS) is 19.2. The van der Waals surface area contributed by atoms with Crippen LogP contribution in [0, 0.1) is 23.2 Å². The topological polar surface area (TPSA) is 161 Å². The maximum absolute atomic E-state index is 12.0. The molecule has 194 valence electrons. The summed E-state index contributed by atoms with van der Waals surface area (Å²) in [5, 5.41) is 20.3. The molecular formula is C25H34N6O4S. The molecule has 0 spiro atoms. The molecule has 0 bridgehead atoms. The van der Waals surface area contributed by atoms with Crippen molar-refractivity contribution in [3.8, 4) is 6.07 Å². The Morgan fingerprint density at radius 3 is 2.47 bits per heavy atom. The van der Waals surface area contributed by atoms with Gasteiger partial charge >= 0.3 is 6.09 Å². The average Bonchev–Trinajstić information content (AvgIpc) is 3.21. The first-order valence-corrected chi connectivity index (χ1v) is 13.8. The Morgan fingerprint density at radius 2 is 1.92 bits per heavy atom. The van der Waals surface area contributed by atoms with Crippen molar-refractivity contribution in [1.82, 2.24) is 25.0 Å². The first-order chi connectivity index (χ1) is 16.9. The standard InChI is InChI=1S/C20H23N5O2S.C5H11NO2/c1-28(26,27)25-18(14-8-6-13(7-9-14)10-11-21)20-23-17-12-22-16-5-3-2-4-15(16)19(17)24-20;1-5(2,3)6-4(7)8/h2-5,12-14,18,25H,6-10H2,1H3,(H,23,24);6H,1-3H3,(H,7,8). The minimum absolute atomic E-state index is 0.143. The number of H-pyrrole nitrogens is 1. The molecule has 1 unspecified atom stereocenters. The zero-order valence-electron chi connectivity index (χ0n) is 21.1. The third-order valence-electron chi connectivity index (χ3n) is 6.10. The number of fused-ring (bicyclic) bond motifs is 3. The quantitative estimate of drug-likeness (QED) is 0.390. The molecule has 2 aromatic heterocycles. The fraction of sp³-hybridized carbons (Fsp3) is 0.520. The molecule has 1 amide bonds. The molecule has 2 heterocycles.